The van der Waals surface area contributed by atoms with Crippen LogP contribution in [0.15, 0.2) is 36.7 Å². The molecule has 1 aliphatic carbocycles. The zero-order valence-corrected chi connectivity index (χ0v) is 16.6. The Hall–Kier alpha value is -3.16. The maximum Gasteiger partial charge on any atom is 0.257 e. The summed E-state index contributed by atoms with van der Waals surface area (Å²) in [6.45, 7) is 3.34. The molecule has 1 aromatic carbocycles. The molecule has 2 atom stereocenters. The molecule has 1 amide bonds. The summed E-state index contributed by atoms with van der Waals surface area (Å²) in [5.41, 5.74) is 1.41. The number of nitrogens with one attached hydrogen (secondary N) is 1. The quantitative estimate of drug-likeness (QED) is 0.620. The average molecular weight is 407 g/mol. The van der Waals surface area contributed by atoms with E-state index >= 15 is 0 Å². The van der Waals surface area contributed by atoms with E-state index in [0.29, 0.717) is 29.5 Å². The third-order valence-electron chi connectivity index (χ3n) is 6.47. The monoisotopic (exact) mass is 407 g/mol. The van der Waals surface area contributed by atoms with Gasteiger partial charge in [0.25, 0.3) is 5.91 Å². The molecule has 4 heterocycles. The second-order valence-electron chi connectivity index (χ2n) is 8.83. The van der Waals surface area contributed by atoms with Crippen LogP contribution in [0.4, 0.5) is 10.2 Å². The zero-order chi connectivity index (χ0) is 20.5. The summed E-state index contributed by atoms with van der Waals surface area (Å²) in [6, 6.07) is 6.56. The summed E-state index contributed by atoms with van der Waals surface area (Å²) in [4.78, 5) is 20.0. The number of amides is 1. The first-order valence-electron chi connectivity index (χ1n) is 10.4. The number of aromatic nitrogens is 3. The average Bonchev–Trinajstić information content (AvgIpc) is 3.18. The highest BCUT2D eigenvalue weighted by atomic mass is 19.1. The Bertz CT molecular complexity index is 1170. The van der Waals surface area contributed by atoms with Crippen LogP contribution in [0.1, 0.15) is 48.1 Å². The summed E-state index contributed by atoms with van der Waals surface area (Å²) >= 11 is 0. The van der Waals surface area contributed by atoms with E-state index in [9.17, 15) is 9.18 Å². The van der Waals surface area contributed by atoms with Gasteiger partial charge in [-0.2, -0.15) is 5.10 Å². The van der Waals surface area contributed by atoms with Gasteiger partial charge in [0.2, 0.25) is 0 Å². The highest BCUT2D eigenvalue weighted by Gasteiger charge is 2.46. The standard InChI is InChI=1S/C22H22FN5O2/c1-13-8-17-15-9-14(23)2-3-18(15)30-12-22(5-6-22)26-21(29)16-10-24-28-7-4-19(25-20(16)28)27(17)11-13/h2-4,7,9-10,13,17H,5-6,8,11-12H2,1H3,(H,26,29)/t13?,17-/m1/s1. The number of rotatable bonds is 0. The molecule has 1 saturated carbocycles. The number of nitrogens with zero attached hydrogens (tertiary/aromatic N) is 4. The van der Waals surface area contributed by atoms with Crippen molar-refractivity contribution in [3.63, 3.8) is 0 Å². The van der Waals surface area contributed by atoms with Gasteiger partial charge in [-0.05, 0) is 49.4 Å². The molecule has 1 saturated heterocycles. The lowest BCUT2D eigenvalue weighted by atomic mass is 9.99. The van der Waals surface area contributed by atoms with E-state index in [1.165, 1.54) is 6.07 Å². The summed E-state index contributed by atoms with van der Waals surface area (Å²) in [5.74, 6) is 1.36. The molecule has 0 radical (unpaired) electrons. The molecular formula is C22H22FN5O2. The third kappa shape index (κ3) is 2.74. The van der Waals surface area contributed by atoms with Crippen LogP contribution < -0.4 is 15.0 Å². The number of ether oxygens (including phenoxy) is 1. The summed E-state index contributed by atoms with van der Waals surface area (Å²) in [6.07, 6.45) is 5.96. The molecule has 1 spiro atoms. The Morgan fingerprint density at radius 3 is 3.00 bits per heavy atom. The van der Waals surface area contributed by atoms with Crippen molar-refractivity contribution in [3.05, 3.63) is 53.6 Å². The summed E-state index contributed by atoms with van der Waals surface area (Å²) in [7, 11) is 0. The lowest BCUT2D eigenvalue weighted by molar-refractivity contribution is 0.0914. The number of halogens is 1. The molecule has 2 aliphatic heterocycles. The Balaban J connectivity index is 1.55. The van der Waals surface area contributed by atoms with Crippen molar-refractivity contribution >= 4 is 17.4 Å². The van der Waals surface area contributed by atoms with Gasteiger partial charge < -0.3 is 15.0 Å². The fraction of sp³-hybridized carbons (Fsp3) is 0.409. The van der Waals surface area contributed by atoms with E-state index in [2.05, 4.69) is 22.2 Å². The molecule has 6 rings (SSSR count). The van der Waals surface area contributed by atoms with Gasteiger partial charge in [-0.1, -0.05) is 6.92 Å². The van der Waals surface area contributed by atoms with Gasteiger partial charge in [-0.3, -0.25) is 4.79 Å². The van der Waals surface area contributed by atoms with Crippen LogP contribution >= 0.6 is 0 Å². The van der Waals surface area contributed by atoms with Gasteiger partial charge in [0.05, 0.1) is 17.8 Å². The molecule has 8 heteroatoms. The molecule has 154 valence electrons. The Kier molecular flexibility index (Phi) is 3.63. The van der Waals surface area contributed by atoms with E-state index in [1.807, 2.05) is 12.3 Å². The first-order chi connectivity index (χ1) is 14.5. The van der Waals surface area contributed by atoms with Crippen molar-refractivity contribution in [2.45, 2.75) is 37.8 Å². The van der Waals surface area contributed by atoms with Crippen LogP contribution in [0.2, 0.25) is 0 Å². The Labute approximate surface area is 172 Å². The van der Waals surface area contributed by atoms with Crippen LogP contribution in [0.25, 0.3) is 5.65 Å². The van der Waals surface area contributed by atoms with Gasteiger partial charge in [0.1, 0.15) is 29.6 Å². The van der Waals surface area contributed by atoms with E-state index in [-0.39, 0.29) is 17.8 Å². The predicted octanol–water partition coefficient (Wildman–Crippen LogP) is 3.11. The predicted molar refractivity (Wildman–Crippen MR) is 108 cm³/mol. The number of hydrogen-bond donors (Lipinski definition) is 1. The number of benzene rings is 1. The molecule has 3 aliphatic rings. The van der Waals surface area contributed by atoms with Crippen molar-refractivity contribution < 1.29 is 13.9 Å². The van der Waals surface area contributed by atoms with Crippen LogP contribution in [0.3, 0.4) is 0 Å². The Morgan fingerprint density at radius 1 is 1.30 bits per heavy atom. The fourth-order valence-corrected chi connectivity index (χ4v) is 4.67. The van der Waals surface area contributed by atoms with Crippen LogP contribution in [0, 0.1) is 11.7 Å². The minimum absolute atomic E-state index is 0.0495. The SMILES string of the molecule is CC1C[C@@H]2c3cc(F)ccc3OCC3(CC3)NC(=O)c3cnn4ccc(nc34)N2C1. The molecule has 3 aromatic rings. The molecule has 2 bridgehead atoms. The fourth-order valence-electron chi connectivity index (χ4n) is 4.67. The van der Waals surface area contributed by atoms with E-state index in [1.54, 1.807) is 22.8 Å². The van der Waals surface area contributed by atoms with E-state index in [4.69, 9.17) is 9.72 Å². The van der Waals surface area contributed by atoms with Gasteiger partial charge in [0, 0.05) is 18.3 Å². The van der Waals surface area contributed by atoms with E-state index in [0.717, 1.165) is 37.2 Å². The van der Waals surface area contributed by atoms with Crippen LogP contribution in [-0.2, 0) is 0 Å². The van der Waals surface area contributed by atoms with Gasteiger partial charge in [-0.15, -0.1) is 0 Å². The molecule has 1 unspecified atom stereocenters. The minimum Gasteiger partial charge on any atom is -0.491 e. The van der Waals surface area contributed by atoms with Crippen molar-refractivity contribution in [1.82, 2.24) is 19.9 Å². The topological polar surface area (TPSA) is 71.8 Å². The van der Waals surface area contributed by atoms with Crippen molar-refractivity contribution in [2.75, 3.05) is 18.1 Å². The van der Waals surface area contributed by atoms with Gasteiger partial charge in [-0.25, -0.2) is 13.9 Å². The first kappa shape index (κ1) is 17.7. The number of carbonyl (C=O) groups is 1. The number of hydrogen-bond acceptors (Lipinski definition) is 5. The normalized spacial score (nSPS) is 24.5. The molecule has 2 fully saturated rings. The first-order valence-corrected chi connectivity index (χ1v) is 10.4. The highest BCUT2D eigenvalue weighted by Crippen LogP contribution is 2.43. The summed E-state index contributed by atoms with van der Waals surface area (Å²) < 4.78 is 22.1. The maximum atomic E-state index is 14.2. The molecular weight excluding hydrogens is 385 g/mol. The summed E-state index contributed by atoms with van der Waals surface area (Å²) in [5, 5.41) is 7.41. The lowest BCUT2D eigenvalue weighted by Crippen LogP contribution is -2.41. The van der Waals surface area contributed by atoms with Gasteiger partial charge >= 0.3 is 0 Å². The number of carbonyl (C=O) groups excluding carboxylic acids is 1. The number of fused-ring (bicyclic) bond motifs is 5. The third-order valence-corrected chi connectivity index (χ3v) is 6.47. The second kappa shape index (κ2) is 6.17. The lowest BCUT2D eigenvalue weighted by Gasteiger charge is -2.28. The van der Waals surface area contributed by atoms with Crippen molar-refractivity contribution in [3.8, 4) is 5.75 Å². The Morgan fingerprint density at radius 2 is 2.17 bits per heavy atom. The second-order valence-corrected chi connectivity index (χ2v) is 8.83. The number of anilines is 1. The van der Waals surface area contributed by atoms with Crippen molar-refractivity contribution in [1.29, 1.82) is 0 Å². The highest BCUT2D eigenvalue weighted by molar-refractivity contribution is 6.00. The largest absolute Gasteiger partial charge is 0.491 e. The van der Waals surface area contributed by atoms with Crippen molar-refractivity contribution in [2.24, 2.45) is 5.92 Å². The molecule has 30 heavy (non-hydrogen) atoms. The van der Waals surface area contributed by atoms with Crippen LogP contribution in [-0.4, -0.2) is 39.2 Å². The van der Waals surface area contributed by atoms with E-state index < -0.39 is 5.54 Å². The molecule has 7 nitrogen and oxygen atoms in total. The van der Waals surface area contributed by atoms with Gasteiger partial charge in [0.15, 0.2) is 5.65 Å². The smallest absolute Gasteiger partial charge is 0.257 e. The maximum absolute atomic E-state index is 14.2. The zero-order valence-electron chi connectivity index (χ0n) is 16.6. The molecule has 1 N–H and O–H groups in total. The minimum atomic E-state index is -0.398. The van der Waals surface area contributed by atoms with Crippen LogP contribution in [0.5, 0.6) is 5.75 Å². The molecule has 2 aromatic heterocycles.